The maximum absolute atomic E-state index is 2.65. The summed E-state index contributed by atoms with van der Waals surface area (Å²) in [5, 5.41) is 0. The van der Waals surface area contributed by atoms with E-state index in [4.69, 9.17) is 0 Å². The summed E-state index contributed by atoms with van der Waals surface area (Å²) in [6.45, 7) is 10.5. The molecule has 0 spiro atoms. The largest absolute Gasteiger partial charge is 0.369 e. The SMILES string of the molecule is CN1CCN(CCN2CCN(c3ccccc3)CC2)C[C@@H]1c1ccccc1. The average molecular weight is 365 g/mol. The van der Waals surface area contributed by atoms with Crippen LogP contribution in [0.1, 0.15) is 11.6 Å². The zero-order valence-corrected chi connectivity index (χ0v) is 16.5. The molecule has 4 heteroatoms. The van der Waals surface area contributed by atoms with Crippen molar-refractivity contribution in [2.75, 3.05) is 70.9 Å². The highest BCUT2D eigenvalue weighted by Gasteiger charge is 2.26. The molecule has 2 aromatic rings. The van der Waals surface area contributed by atoms with Crippen LogP contribution in [0.25, 0.3) is 0 Å². The van der Waals surface area contributed by atoms with Crippen LogP contribution in [-0.4, -0.2) is 80.7 Å². The van der Waals surface area contributed by atoms with Gasteiger partial charge in [0, 0.05) is 70.6 Å². The Kier molecular flexibility index (Phi) is 6.07. The second kappa shape index (κ2) is 8.87. The molecule has 0 unspecified atom stereocenters. The third-order valence-electron chi connectivity index (χ3n) is 6.14. The van der Waals surface area contributed by atoms with E-state index in [2.05, 4.69) is 87.3 Å². The van der Waals surface area contributed by atoms with Gasteiger partial charge in [0.2, 0.25) is 0 Å². The minimum atomic E-state index is 0.523. The maximum atomic E-state index is 2.65. The fraction of sp³-hybridized carbons (Fsp3) is 0.478. The Balaban J connectivity index is 1.25. The maximum Gasteiger partial charge on any atom is 0.0472 e. The van der Waals surface area contributed by atoms with Crippen LogP contribution in [0.4, 0.5) is 5.69 Å². The molecule has 4 rings (SSSR count). The van der Waals surface area contributed by atoms with E-state index < -0.39 is 0 Å². The van der Waals surface area contributed by atoms with Crippen molar-refractivity contribution in [1.82, 2.24) is 14.7 Å². The van der Waals surface area contributed by atoms with E-state index in [-0.39, 0.29) is 0 Å². The lowest BCUT2D eigenvalue weighted by Gasteiger charge is -2.41. The van der Waals surface area contributed by atoms with Gasteiger partial charge >= 0.3 is 0 Å². The van der Waals surface area contributed by atoms with Crippen LogP contribution in [0.2, 0.25) is 0 Å². The van der Waals surface area contributed by atoms with Gasteiger partial charge < -0.3 is 4.90 Å². The number of para-hydroxylation sites is 1. The van der Waals surface area contributed by atoms with Crippen molar-refractivity contribution in [3.63, 3.8) is 0 Å². The Bertz CT molecular complexity index is 682. The van der Waals surface area contributed by atoms with Crippen molar-refractivity contribution >= 4 is 5.69 Å². The molecule has 0 bridgehead atoms. The summed E-state index contributed by atoms with van der Waals surface area (Å²) < 4.78 is 0. The highest BCUT2D eigenvalue weighted by atomic mass is 15.3. The summed E-state index contributed by atoms with van der Waals surface area (Å²) in [5.41, 5.74) is 2.81. The zero-order valence-electron chi connectivity index (χ0n) is 16.5. The average Bonchev–Trinajstić information content (AvgIpc) is 2.75. The molecule has 0 N–H and O–H groups in total. The monoisotopic (exact) mass is 364 g/mol. The molecule has 2 aromatic carbocycles. The number of rotatable bonds is 5. The molecule has 2 aliphatic heterocycles. The third kappa shape index (κ3) is 4.70. The Labute approximate surface area is 164 Å². The van der Waals surface area contributed by atoms with Crippen molar-refractivity contribution in [1.29, 1.82) is 0 Å². The van der Waals surface area contributed by atoms with Gasteiger partial charge in [-0.2, -0.15) is 0 Å². The van der Waals surface area contributed by atoms with E-state index in [1.165, 1.54) is 44.0 Å². The van der Waals surface area contributed by atoms with Crippen LogP contribution < -0.4 is 4.90 Å². The summed E-state index contributed by atoms with van der Waals surface area (Å²) in [5.74, 6) is 0. The van der Waals surface area contributed by atoms with Gasteiger partial charge in [-0.15, -0.1) is 0 Å². The van der Waals surface area contributed by atoms with Gasteiger partial charge in [0.25, 0.3) is 0 Å². The van der Waals surface area contributed by atoms with Crippen LogP contribution in [0, 0.1) is 0 Å². The molecule has 27 heavy (non-hydrogen) atoms. The highest BCUT2D eigenvalue weighted by molar-refractivity contribution is 5.46. The van der Waals surface area contributed by atoms with E-state index in [0.717, 1.165) is 26.2 Å². The number of nitrogens with zero attached hydrogens (tertiary/aromatic N) is 4. The fourth-order valence-corrected chi connectivity index (χ4v) is 4.32. The fourth-order valence-electron chi connectivity index (χ4n) is 4.32. The molecule has 2 fully saturated rings. The molecule has 2 heterocycles. The number of likely N-dealkylation sites (N-methyl/N-ethyl adjacent to an activating group) is 1. The lowest BCUT2D eigenvalue weighted by molar-refractivity contribution is 0.0851. The molecule has 0 amide bonds. The first-order valence-electron chi connectivity index (χ1n) is 10.3. The first kappa shape index (κ1) is 18.5. The molecule has 0 radical (unpaired) electrons. The van der Waals surface area contributed by atoms with E-state index >= 15 is 0 Å². The van der Waals surface area contributed by atoms with Crippen molar-refractivity contribution in [2.24, 2.45) is 0 Å². The second-order valence-corrected chi connectivity index (χ2v) is 7.87. The van der Waals surface area contributed by atoms with Gasteiger partial charge in [0.15, 0.2) is 0 Å². The molecule has 4 nitrogen and oxygen atoms in total. The highest BCUT2D eigenvalue weighted by Crippen LogP contribution is 2.23. The zero-order chi connectivity index (χ0) is 18.5. The van der Waals surface area contributed by atoms with E-state index in [0.29, 0.717) is 6.04 Å². The Morgan fingerprint density at radius 3 is 2.00 bits per heavy atom. The first-order chi connectivity index (χ1) is 13.3. The van der Waals surface area contributed by atoms with Gasteiger partial charge in [0.1, 0.15) is 0 Å². The minimum Gasteiger partial charge on any atom is -0.369 e. The van der Waals surface area contributed by atoms with E-state index in [1.54, 1.807) is 0 Å². The topological polar surface area (TPSA) is 13.0 Å². The van der Waals surface area contributed by atoms with Crippen molar-refractivity contribution in [2.45, 2.75) is 6.04 Å². The molecule has 144 valence electrons. The third-order valence-corrected chi connectivity index (χ3v) is 6.14. The van der Waals surface area contributed by atoms with E-state index in [9.17, 15) is 0 Å². The summed E-state index contributed by atoms with van der Waals surface area (Å²) in [6, 6.07) is 22.3. The minimum absolute atomic E-state index is 0.523. The molecular formula is C23H32N4. The number of anilines is 1. The quantitative estimate of drug-likeness (QED) is 0.809. The molecule has 2 saturated heterocycles. The van der Waals surface area contributed by atoms with Crippen LogP contribution >= 0.6 is 0 Å². The second-order valence-electron chi connectivity index (χ2n) is 7.87. The molecule has 0 aromatic heterocycles. The lowest BCUT2D eigenvalue weighted by Crippen LogP contribution is -2.51. The van der Waals surface area contributed by atoms with Crippen LogP contribution in [0.5, 0.6) is 0 Å². The summed E-state index contributed by atoms with van der Waals surface area (Å²) in [7, 11) is 2.26. The number of piperazine rings is 2. The molecule has 0 saturated carbocycles. The summed E-state index contributed by atoms with van der Waals surface area (Å²) in [4.78, 5) is 10.3. The smallest absolute Gasteiger partial charge is 0.0472 e. The predicted molar refractivity (Wildman–Crippen MR) is 113 cm³/mol. The van der Waals surface area contributed by atoms with Gasteiger partial charge in [-0.1, -0.05) is 48.5 Å². The van der Waals surface area contributed by atoms with E-state index in [1.807, 2.05) is 0 Å². The Morgan fingerprint density at radius 2 is 1.30 bits per heavy atom. The molecule has 2 aliphatic rings. The van der Waals surface area contributed by atoms with Crippen molar-refractivity contribution in [3.8, 4) is 0 Å². The number of benzene rings is 2. The first-order valence-corrected chi connectivity index (χ1v) is 10.3. The lowest BCUT2D eigenvalue weighted by atomic mass is 10.0. The van der Waals surface area contributed by atoms with Crippen molar-refractivity contribution < 1.29 is 0 Å². The van der Waals surface area contributed by atoms with Crippen LogP contribution in [0.3, 0.4) is 0 Å². The number of hydrogen-bond acceptors (Lipinski definition) is 4. The Morgan fingerprint density at radius 1 is 0.704 bits per heavy atom. The van der Waals surface area contributed by atoms with Gasteiger partial charge in [-0.05, 0) is 24.7 Å². The number of hydrogen-bond donors (Lipinski definition) is 0. The van der Waals surface area contributed by atoms with Gasteiger partial charge in [-0.25, -0.2) is 0 Å². The predicted octanol–water partition coefficient (Wildman–Crippen LogP) is 2.80. The van der Waals surface area contributed by atoms with Gasteiger partial charge in [0.05, 0.1) is 0 Å². The Hall–Kier alpha value is -1.88. The van der Waals surface area contributed by atoms with Crippen LogP contribution in [-0.2, 0) is 0 Å². The van der Waals surface area contributed by atoms with Crippen LogP contribution in [0.15, 0.2) is 60.7 Å². The normalized spacial score (nSPS) is 22.9. The van der Waals surface area contributed by atoms with Crippen molar-refractivity contribution in [3.05, 3.63) is 66.2 Å². The molecule has 0 aliphatic carbocycles. The van der Waals surface area contributed by atoms with Gasteiger partial charge in [-0.3, -0.25) is 14.7 Å². The standard InChI is InChI=1S/C23H32N4/c1-24-12-13-26(20-23(24)21-8-4-2-5-9-21)15-14-25-16-18-27(19-17-25)22-10-6-3-7-11-22/h2-11,23H,12-20H2,1H3/t23-/m1/s1. The summed E-state index contributed by atoms with van der Waals surface area (Å²) >= 11 is 0. The molecular weight excluding hydrogens is 332 g/mol. The molecule has 1 atom stereocenters. The summed E-state index contributed by atoms with van der Waals surface area (Å²) in [6.07, 6.45) is 0.